The van der Waals surface area contributed by atoms with Crippen LogP contribution in [0.5, 0.6) is 0 Å². The second-order valence-corrected chi connectivity index (χ2v) is 4.79. The van der Waals surface area contributed by atoms with Crippen LogP contribution in [0.15, 0.2) is 0 Å². The van der Waals surface area contributed by atoms with Gasteiger partial charge in [-0.1, -0.05) is 20.8 Å². The summed E-state index contributed by atoms with van der Waals surface area (Å²) in [6.07, 6.45) is -0.471. The van der Waals surface area contributed by atoms with Crippen LogP contribution in [0.1, 0.15) is 33.6 Å². The van der Waals surface area contributed by atoms with Crippen LogP contribution in [0.3, 0.4) is 0 Å². The molecule has 1 amide bonds. The normalized spacial score (nSPS) is 12.9. The lowest BCUT2D eigenvalue weighted by atomic mass is 9.92. The van der Waals surface area contributed by atoms with E-state index < -0.39 is 30.3 Å². The number of carbonyl (C=O) groups is 3. The highest BCUT2D eigenvalue weighted by atomic mass is 16.4. The second kappa shape index (κ2) is 5.48. The van der Waals surface area contributed by atoms with Gasteiger partial charge in [-0.3, -0.25) is 9.59 Å². The molecule has 0 radical (unpaired) electrons. The third-order valence-corrected chi connectivity index (χ3v) is 1.70. The quantitative estimate of drug-likeness (QED) is 0.638. The average molecular weight is 231 g/mol. The van der Waals surface area contributed by atoms with Gasteiger partial charge in [0.1, 0.15) is 6.04 Å². The van der Waals surface area contributed by atoms with E-state index in [4.69, 9.17) is 10.2 Å². The van der Waals surface area contributed by atoms with Crippen molar-refractivity contribution in [3.8, 4) is 0 Å². The van der Waals surface area contributed by atoms with E-state index in [0.29, 0.717) is 0 Å². The topological polar surface area (TPSA) is 104 Å². The molecule has 0 aliphatic rings. The minimum atomic E-state index is -1.37. The number of amides is 1. The van der Waals surface area contributed by atoms with E-state index in [1.54, 1.807) is 0 Å². The molecule has 0 heterocycles. The zero-order valence-corrected chi connectivity index (χ0v) is 9.61. The van der Waals surface area contributed by atoms with E-state index in [-0.39, 0.29) is 11.8 Å². The van der Waals surface area contributed by atoms with Crippen molar-refractivity contribution in [1.82, 2.24) is 5.32 Å². The molecule has 1 atom stereocenters. The SMILES string of the molecule is CC(C)(C)CC(=O)N[C@H](CC(=O)O)C(=O)O. The van der Waals surface area contributed by atoms with Gasteiger partial charge in [-0.15, -0.1) is 0 Å². The van der Waals surface area contributed by atoms with Gasteiger partial charge in [0.25, 0.3) is 0 Å². The van der Waals surface area contributed by atoms with Crippen LogP contribution in [-0.2, 0) is 14.4 Å². The average Bonchev–Trinajstić information content (AvgIpc) is 1.97. The molecule has 6 nitrogen and oxygen atoms in total. The van der Waals surface area contributed by atoms with Gasteiger partial charge in [-0.25, -0.2) is 4.79 Å². The Labute approximate surface area is 93.6 Å². The number of aliphatic carboxylic acids is 2. The molecular weight excluding hydrogens is 214 g/mol. The van der Waals surface area contributed by atoms with Crippen molar-refractivity contribution < 1.29 is 24.6 Å². The first kappa shape index (κ1) is 14.4. The fourth-order valence-electron chi connectivity index (χ4n) is 1.10. The number of carboxylic acids is 2. The van der Waals surface area contributed by atoms with Gasteiger partial charge in [0.15, 0.2) is 0 Å². The van der Waals surface area contributed by atoms with Crippen LogP contribution in [-0.4, -0.2) is 34.1 Å². The first-order valence-corrected chi connectivity index (χ1v) is 4.86. The lowest BCUT2D eigenvalue weighted by Gasteiger charge is -2.19. The van der Waals surface area contributed by atoms with Gasteiger partial charge in [0.05, 0.1) is 6.42 Å². The smallest absolute Gasteiger partial charge is 0.326 e. The number of carbonyl (C=O) groups excluding carboxylic acids is 1. The van der Waals surface area contributed by atoms with Crippen molar-refractivity contribution in [3.63, 3.8) is 0 Å². The summed E-state index contributed by atoms with van der Waals surface area (Å²) in [5.41, 5.74) is -0.267. The first-order valence-electron chi connectivity index (χ1n) is 4.86. The molecule has 0 rings (SSSR count). The Morgan fingerprint density at radius 3 is 2.00 bits per heavy atom. The van der Waals surface area contributed by atoms with E-state index in [2.05, 4.69) is 5.32 Å². The van der Waals surface area contributed by atoms with Crippen molar-refractivity contribution in [3.05, 3.63) is 0 Å². The molecule has 0 aromatic heterocycles. The summed E-state index contributed by atoms with van der Waals surface area (Å²) in [6, 6.07) is -1.37. The van der Waals surface area contributed by atoms with Gasteiger partial charge in [-0.05, 0) is 5.41 Å². The van der Waals surface area contributed by atoms with Crippen molar-refractivity contribution in [2.45, 2.75) is 39.7 Å². The van der Waals surface area contributed by atoms with Crippen molar-refractivity contribution in [1.29, 1.82) is 0 Å². The molecule has 0 aliphatic heterocycles. The lowest BCUT2D eigenvalue weighted by Crippen LogP contribution is -2.43. The summed E-state index contributed by atoms with van der Waals surface area (Å²) in [5.74, 6) is -3.06. The Morgan fingerprint density at radius 1 is 1.19 bits per heavy atom. The number of hydrogen-bond acceptors (Lipinski definition) is 3. The molecular formula is C10H17NO5. The molecule has 0 bridgehead atoms. The highest BCUT2D eigenvalue weighted by molar-refractivity contribution is 5.86. The van der Waals surface area contributed by atoms with Crippen molar-refractivity contribution in [2.75, 3.05) is 0 Å². The Balaban J connectivity index is 4.35. The highest BCUT2D eigenvalue weighted by Crippen LogP contribution is 2.18. The summed E-state index contributed by atoms with van der Waals surface area (Å²) < 4.78 is 0. The summed E-state index contributed by atoms with van der Waals surface area (Å²) in [6.45, 7) is 5.50. The summed E-state index contributed by atoms with van der Waals surface area (Å²) >= 11 is 0. The first-order chi connectivity index (χ1) is 7.11. The molecule has 0 aliphatic carbocycles. The molecule has 0 spiro atoms. The molecule has 0 saturated heterocycles. The molecule has 0 aromatic carbocycles. The second-order valence-electron chi connectivity index (χ2n) is 4.79. The van der Waals surface area contributed by atoms with Gasteiger partial charge in [0.2, 0.25) is 5.91 Å². The van der Waals surface area contributed by atoms with Crippen LogP contribution in [0.4, 0.5) is 0 Å². The van der Waals surface area contributed by atoms with Crippen LogP contribution < -0.4 is 5.32 Å². The van der Waals surface area contributed by atoms with E-state index >= 15 is 0 Å². The van der Waals surface area contributed by atoms with E-state index in [1.807, 2.05) is 20.8 Å². The molecule has 16 heavy (non-hydrogen) atoms. The van der Waals surface area contributed by atoms with E-state index in [1.165, 1.54) is 0 Å². The minimum absolute atomic E-state index is 0.149. The third-order valence-electron chi connectivity index (χ3n) is 1.70. The van der Waals surface area contributed by atoms with Crippen molar-refractivity contribution in [2.24, 2.45) is 5.41 Å². The molecule has 92 valence electrons. The van der Waals surface area contributed by atoms with Gasteiger partial charge in [-0.2, -0.15) is 0 Å². The van der Waals surface area contributed by atoms with Gasteiger partial charge in [0, 0.05) is 6.42 Å². The summed E-state index contributed by atoms with van der Waals surface area (Å²) in [5, 5.41) is 19.3. The fraction of sp³-hybridized carbons (Fsp3) is 0.700. The number of carboxylic acid groups (broad SMARTS) is 2. The van der Waals surface area contributed by atoms with Gasteiger partial charge >= 0.3 is 11.9 Å². The standard InChI is InChI=1S/C10H17NO5/c1-10(2,3)5-7(12)11-6(9(15)16)4-8(13)14/h6H,4-5H2,1-3H3,(H,11,12)(H,13,14)(H,15,16)/t6-/m1/s1. The summed E-state index contributed by atoms with van der Waals surface area (Å²) in [4.78, 5) is 32.4. The molecule has 0 fully saturated rings. The van der Waals surface area contributed by atoms with Crippen molar-refractivity contribution >= 4 is 17.8 Å². The Hall–Kier alpha value is -1.59. The lowest BCUT2D eigenvalue weighted by molar-refractivity contribution is -0.147. The third kappa shape index (κ3) is 6.80. The maximum absolute atomic E-state index is 11.4. The predicted molar refractivity (Wildman–Crippen MR) is 55.9 cm³/mol. The van der Waals surface area contributed by atoms with Crippen LogP contribution >= 0.6 is 0 Å². The molecule has 6 heteroatoms. The number of rotatable bonds is 5. The largest absolute Gasteiger partial charge is 0.481 e. The van der Waals surface area contributed by atoms with E-state index in [9.17, 15) is 14.4 Å². The number of nitrogens with one attached hydrogen (secondary N) is 1. The minimum Gasteiger partial charge on any atom is -0.481 e. The highest BCUT2D eigenvalue weighted by Gasteiger charge is 2.25. The molecule has 0 aromatic rings. The molecule has 3 N–H and O–H groups in total. The van der Waals surface area contributed by atoms with Gasteiger partial charge < -0.3 is 15.5 Å². The van der Waals surface area contributed by atoms with Crippen LogP contribution in [0.25, 0.3) is 0 Å². The van der Waals surface area contributed by atoms with E-state index in [0.717, 1.165) is 0 Å². The zero-order valence-electron chi connectivity index (χ0n) is 9.61. The Morgan fingerprint density at radius 2 is 1.69 bits per heavy atom. The predicted octanol–water partition coefficient (Wildman–Crippen LogP) is 0.467. The summed E-state index contributed by atoms with van der Waals surface area (Å²) in [7, 11) is 0. The number of hydrogen-bond donors (Lipinski definition) is 3. The zero-order chi connectivity index (χ0) is 12.9. The fourth-order valence-corrected chi connectivity index (χ4v) is 1.10. The van der Waals surface area contributed by atoms with Crippen LogP contribution in [0.2, 0.25) is 0 Å². The maximum atomic E-state index is 11.4. The maximum Gasteiger partial charge on any atom is 0.326 e. The Bertz CT molecular complexity index is 292. The Kier molecular flexibility index (Phi) is 4.94. The molecule has 0 unspecified atom stereocenters. The monoisotopic (exact) mass is 231 g/mol. The molecule has 0 saturated carbocycles. The van der Waals surface area contributed by atoms with Crippen LogP contribution in [0, 0.1) is 5.41 Å².